The summed E-state index contributed by atoms with van der Waals surface area (Å²) in [4.78, 5) is 7.17. The van der Waals surface area contributed by atoms with Gasteiger partial charge in [-0.25, -0.2) is 4.98 Å². The molecular weight excluding hydrogens is 258 g/mol. The van der Waals surface area contributed by atoms with Crippen LogP contribution in [0, 0.1) is 0 Å². The van der Waals surface area contributed by atoms with Crippen LogP contribution < -0.4 is 10.6 Å². The number of nitrogens with two attached hydrogens (primary N) is 1. The van der Waals surface area contributed by atoms with Gasteiger partial charge in [0.15, 0.2) is 0 Å². The largest absolute Gasteiger partial charge is 0.398 e. The second-order valence-electron chi connectivity index (χ2n) is 5.50. The van der Waals surface area contributed by atoms with Crippen LogP contribution in [0.3, 0.4) is 0 Å². The number of pyridine rings is 1. The van der Waals surface area contributed by atoms with Crippen molar-refractivity contribution in [3.8, 4) is 0 Å². The van der Waals surface area contributed by atoms with Gasteiger partial charge in [0.25, 0.3) is 0 Å². The Morgan fingerprint density at radius 1 is 1.00 bits per heavy atom. The van der Waals surface area contributed by atoms with E-state index >= 15 is 0 Å². The number of fused-ring (bicyclic) bond motifs is 2. The normalized spacial score (nSPS) is 13.6. The number of benzene rings is 2. The van der Waals surface area contributed by atoms with Gasteiger partial charge in [0.2, 0.25) is 0 Å². The minimum atomic E-state index is 0.888. The molecule has 1 aliphatic heterocycles. The van der Waals surface area contributed by atoms with Crippen LogP contribution in [0.1, 0.15) is 11.1 Å². The summed E-state index contributed by atoms with van der Waals surface area (Å²) >= 11 is 0. The lowest BCUT2D eigenvalue weighted by atomic mass is 10.1. The van der Waals surface area contributed by atoms with E-state index in [0.717, 1.165) is 41.9 Å². The van der Waals surface area contributed by atoms with Crippen LogP contribution in [-0.2, 0) is 13.0 Å². The fraction of sp³-hybridized carbons (Fsp3) is 0.167. The Morgan fingerprint density at radius 3 is 2.62 bits per heavy atom. The van der Waals surface area contributed by atoms with Crippen molar-refractivity contribution < 1.29 is 0 Å². The molecule has 2 aromatic carbocycles. The number of para-hydroxylation sites is 1. The quantitative estimate of drug-likeness (QED) is 0.779. The van der Waals surface area contributed by atoms with E-state index in [-0.39, 0.29) is 0 Å². The van der Waals surface area contributed by atoms with Gasteiger partial charge in [-0.3, -0.25) is 0 Å². The SMILES string of the molecule is Nc1c2c(nc3ccccc13)N(Cc1ccccc1)CC2. The molecule has 4 rings (SSSR count). The van der Waals surface area contributed by atoms with E-state index in [1.54, 1.807) is 0 Å². The monoisotopic (exact) mass is 275 g/mol. The summed E-state index contributed by atoms with van der Waals surface area (Å²) in [6.07, 6.45) is 0.978. The maximum Gasteiger partial charge on any atom is 0.134 e. The first-order valence-corrected chi connectivity index (χ1v) is 7.29. The van der Waals surface area contributed by atoms with Crippen molar-refractivity contribution in [2.45, 2.75) is 13.0 Å². The molecule has 1 aromatic heterocycles. The van der Waals surface area contributed by atoms with Crippen molar-refractivity contribution in [2.75, 3.05) is 17.2 Å². The van der Waals surface area contributed by atoms with E-state index < -0.39 is 0 Å². The molecule has 0 fully saturated rings. The number of hydrogen-bond acceptors (Lipinski definition) is 3. The van der Waals surface area contributed by atoms with Gasteiger partial charge in [-0.15, -0.1) is 0 Å². The molecule has 1 aliphatic rings. The molecule has 2 heterocycles. The number of nitrogens with zero attached hydrogens (tertiary/aromatic N) is 2. The minimum Gasteiger partial charge on any atom is -0.398 e. The second-order valence-corrected chi connectivity index (χ2v) is 5.50. The molecule has 0 saturated carbocycles. The highest BCUT2D eigenvalue weighted by Crippen LogP contribution is 2.36. The lowest BCUT2D eigenvalue weighted by Gasteiger charge is -2.19. The number of anilines is 2. The summed E-state index contributed by atoms with van der Waals surface area (Å²) < 4.78 is 0. The van der Waals surface area contributed by atoms with Crippen molar-refractivity contribution >= 4 is 22.4 Å². The van der Waals surface area contributed by atoms with Gasteiger partial charge in [-0.05, 0) is 18.1 Å². The lowest BCUT2D eigenvalue weighted by molar-refractivity contribution is 0.827. The van der Waals surface area contributed by atoms with Crippen molar-refractivity contribution in [3.05, 3.63) is 65.7 Å². The molecule has 0 amide bonds. The van der Waals surface area contributed by atoms with E-state index in [9.17, 15) is 0 Å². The smallest absolute Gasteiger partial charge is 0.134 e. The molecule has 104 valence electrons. The number of nitrogen functional groups attached to an aromatic ring is 1. The topological polar surface area (TPSA) is 42.1 Å². The summed E-state index contributed by atoms with van der Waals surface area (Å²) in [5.41, 5.74) is 10.7. The van der Waals surface area contributed by atoms with Crippen LogP contribution in [0.2, 0.25) is 0 Å². The number of rotatable bonds is 2. The van der Waals surface area contributed by atoms with Gasteiger partial charge in [-0.1, -0.05) is 48.5 Å². The van der Waals surface area contributed by atoms with Crippen LogP contribution in [0.15, 0.2) is 54.6 Å². The summed E-state index contributed by atoms with van der Waals surface area (Å²) in [5, 5.41) is 1.07. The Hall–Kier alpha value is -2.55. The zero-order valence-corrected chi connectivity index (χ0v) is 11.8. The molecule has 0 unspecified atom stereocenters. The average Bonchev–Trinajstić information content (AvgIpc) is 2.92. The zero-order chi connectivity index (χ0) is 14.2. The lowest BCUT2D eigenvalue weighted by Crippen LogP contribution is -2.20. The van der Waals surface area contributed by atoms with Gasteiger partial charge in [0.1, 0.15) is 5.82 Å². The maximum atomic E-state index is 6.36. The number of aromatic nitrogens is 1. The fourth-order valence-electron chi connectivity index (χ4n) is 3.08. The van der Waals surface area contributed by atoms with Crippen molar-refractivity contribution in [3.63, 3.8) is 0 Å². The third-order valence-electron chi connectivity index (χ3n) is 4.16. The predicted molar refractivity (Wildman–Crippen MR) is 87.4 cm³/mol. The third-order valence-corrected chi connectivity index (χ3v) is 4.16. The standard InChI is InChI=1S/C18H17N3/c19-17-14-8-4-5-9-16(14)20-18-15(17)10-11-21(18)12-13-6-2-1-3-7-13/h1-9H,10-12H2,(H2,19,20). The van der Waals surface area contributed by atoms with Crippen molar-refractivity contribution in [1.82, 2.24) is 4.98 Å². The van der Waals surface area contributed by atoms with E-state index in [2.05, 4.69) is 35.2 Å². The molecule has 0 radical (unpaired) electrons. The molecule has 2 N–H and O–H groups in total. The average molecular weight is 275 g/mol. The molecule has 0 spiro atoms. The van der Waals surface area contributed by atoms with Gasteiger partial charge >= 0.3 is 0 Å². The predicted octanol–water partition coefficient (Wildman–Crippen LogP) is 3.38. The fourth-order valence-corrected chi connectivity index (χ4v) is 3.08. The molecular formula is C18H17N3. The van der Waals surface area contributed by atoms with Crippen LogP contribution in [-0.4, -0.2) is 11.5 Å². The van der Waals surface area contributed by atoms with Gasteiger partial charge in [0, 0.05) is 29.7 Å². The Kier molecular flexibility index (Phi) is 2.78. The molecule has 0 aliphatic carbocycles. The van der Waals surface area contributed by atoms with E-state index in [1.165, 1.54) is 11.1 Å². The zero-order valence-electron chi connectivity index (χ0n) is 11.8. The van der Waals surface area contributed by atoms with Gasteiger partial charge < -0.3 is 10.6 Å². The summed E-state index contributed by atoms with van der Waals surface area (Å²) in [6, 6.07) is 18.6. The van der Waals surface area contributed by atoms with Crippen LogP contribution >= 0.6 is 0 Å². The first-order chi connectivity index (χ1) is 10.3. The van der Waals surface area contributed by atoms with Crippen LogP contribution in [0.5, 0.6) is 0 Å². The number of hydrogen-bond donors (Lipinski definition) is 1. The first kappa shape index (κ1) is 12.2. The summed E-state index contributed by atoms with van der Waals surface area (Å²) in [6.45, 7) is 1.87. The summed E-state index contributed by atoms with van der Waals surface area (Å²) in [7, 11) is 0. The van der Waals surface area contributed by atoms with E-state index in [4.69, 9.17) is 10.7 Å². The molecule has 21 heavy (non-hydrogen) atoms. The summed E-state index contributed by atoms with van der Waals surface area (Å²) in [5.74, 6) is 1.05. The van der Waals surface area contributed by atoms with Gasteiger partial charge in [0.05, 0.1) is 5.52 Å². The molecule has 3 aromatic rings. The first-order valence-electron chi connectivity index (χ1n) is 7.29. The van der Waals surface area contributed by atoms with E-state index in [1.807, 2.05) is 24.3 Å². The highest BCUT2D eigenvalue weighted by atomic mass is 15.2. The van der Waals surface area contributed by atoms with Crippen molar-refractivity contribution in [2.24, 2.45) is 0 Å². The minimum absolute atomic E-state index is 0.888. The Labute approximate surface area is 124 Å². The third kappa shape index (κ3) is 2.02. The maximum absolute atomic E-state index is 6.36. The van der Waals surface area contributed by atoms with Crippen LogP contribution in [0.25, 0.3) is 10.9 Å². The van der Waals surface area contributed by atoms with E-state index in [0.29, 0.717) is 0 Å². The highest BCUT2D eigenvalue weighted by Gasteiger charge is 2.24. The molecule has 0 atom stereocenters. The van der Waals surface area contributed by atoms with Crippen LogP contribution in [0.4, 0.5) is 11.5 Å². The molecule has 3 heteroatoms. The molecule has 0 bridgehead atoms. The Morgan fingerprint density at radius 2 is 1.76 bits per heavy atom. The van der Waals surface area contributed by atoms with Crippen molar-refractivity contribution in [1.29, 1.82) is 0 Å². The van der Waals surface area contributed by atoms with Gasteiger partial charge in [-0.2, -0.15) is 0 Å². The second kappa shape index (κ2) is 4.77. The molecule has 3 nitrogen and oxygen atoms in total. The molecule has 0 saturated heterocycles. The Balaban J connectivity index is 1.78. The highest BCUT2D eigenvalue weighted by molar-refractivity contribution is 5.95. The Bertz CT molecular complexity index is 796.